The first-order valence-electron chi connectivity index (χ1n) is 9.88. The zero-order valence-electron chi connectivity index (χ0n) is 16.6. The SMILES string of the molecule is CC(=O)NCCCCCC(O)([PH+]=O)[C@@H]1CN[C@H](Cc2ccccc2C(=O)O)CO1. The summed E-state index contributed by atoms with van der Waals surface area (Å²) in [5.41, 5.74) is 0.993. The van der Waals surface area contributed by atoms with Gasteiger partial charge in [-0.05, 0) is 30.9 Å². The first-order chi connectivity index (χ1) is 13.9. The van der Waals surface area contributed by atoms with E-state index < -0.39 is 25.9 Å². The maximum absolute atomic E-state index is 11.7. The van der Waals surface area contributed by atoms with Gasteiger partial charge in [0.15, 0.2) is 0 Å². The van der Waals surface area contributed by atoms with Gasteiger partial charge in [-0.15, -0.1) is 0 Å². The van der Waals surface area contributed by atoms with E-state index in [4.69, 9.17) is 4.74 Å². The van der Waals surface area contributed by atoms with Crippen molar-refractivity contribution >= 4 is 20.3 Å². The van der Waals surface area contributed by atoms with Crippen LogP contribution in [0.15, 0.2) is 24.3 Å². The Balaban J connectivity index is 1.81. The molecule has 2 unspecified atom stereocenters. The highest BCUT2D eigenvalue weighted by Gasteiger charge is 2.47. The van der Waals surface area contributed by atoms with Gasteiger partial charge in [-0.2, -0.15) is 0 Å². The molecule has 9 heteroatoms. The summed E-state index contributed by atoms with van der Waals surface area (Å²) in [4.78, 5) is 22.2. The van der Waals surface area contributed by atoms with E-state index in [9.17, 15) is 24.4 Å². The summed E-state index contributed by atoms with van der Waals surface area (Å²) in [5.74, 6) is -1.03. The predicted octanol–water partition coefficient (Wildman–Crippen LogP) is 1.69. The van der Waals surface area contributed by atoms with Crippen molar-refractivity contribution in [1.82, 2.24) is 10.6 Å². The topological polar surface area (TPSA) is 125 Å². The Morgan fingerprint density at radius 1 is 1.31 bits per heavy atom. The van der Waals surface area contributed by atoms with E-state index in [1.165, 1.54) is 6.92 Å². The van der Waals surface area contributed by atoms with Gasteiger partial charge in [-0.1, -0.05) is 29.2 Å². The van der Waals surface area contributed by atoms with E-state index in [-0.39, 0.29) is 17.5 Å². The van der Waals surface area contributed by atoms with E-state index in [0.29, 0.717) is 39.0 Å². The van der Waals surface area contributed by atoms with Crippen LogP contribution in [0.25, 0.3) is 0 Å². The molecule has 1 aromatic carbocycles. The summed E-state index contributed by atoms with van der Waals surface area (Å²) >= 11 is 0. The molecule has 4 N–H and O–H groups in total. The third-order valence-electron chi connectivity index (χ3n) is 5.12. The van der Waals surface area contributed by atoms with E-state index in [0.717, 1.165) is 18.4 Å². The third-order valence-corrected chi connectivity index (χ3v) is 6.05. The van der Waals surface area contributed by atoms with Crippen molar-refractivity contribution < 1.29 is 29.1 Å². The fourth-order valence-corrected chi connectivity index (χ4v) is 4.07. The number of nitrogens with one attached hydrogen (secondary N) is 2. The number of unbranched alkanes of at least 4 members (excludes halogenated alkanes) is 2. The highest BCUT2D eigenvalue weighted by Crippen LogP contribution is 2.33. The molecule has 0 radical (unpaired) electrons. The third kappa shape index (κ3) is 7.16. The number of carboxylic acids is 1. The lowest BCUT2D eigenvalue weighted by Crippen LogP contribution is -2.55. The number of rotatable bonds is 11. The van der Waals surface area contributed by atoms with Crippen molar-refractivity contribution in [3.8, 4) is 0 Å². The zero-order valence-corrected chi connectivity index (χ0v) is 17.6. The summed E-state index contributed by atoms with van der Waals surface area (Å²) < 4.78 is 17.5. The molecular formula is C20H30N2O6P+. The number of carbonyl (C=O) groups excluding carboxylic acids is 1. The zero-order chi connectivity index (χ0) is 21.3. The number of carbonyl (C=O) groups is 2. The average molecular weight is 425 g/mol. The molecular weight excluding hydrogens is 395 g/mol. The lowest BCUT2D eigenvalue weighted by atomic mass is 9.98. The van der Waals surface area contributed by atoms with Gasteiger partial charge in [0.2, 0.25) is 5.91 Å². The van der Waals surface area contributed by atoms with Crippen LogP contribution in [-0.2, 0) is 20.5 Å². The van der Waals surface area contributed by atoms with E-state index >= 15 is 0 Å². The molecule has 1 aliphatic heterocycles. The Labute approximate surface area is 172 Å². The molecule has 1 fully saturated rings. The van der Waals surface area contributed by atoms with Crippen LogP contribution in [0.4, 0.5) is 0 Å². The molecule has 0 spiro atoms. The Morgan fingerprint density at radius 2 is 2.07 bits per heavy atom. The molecule has 0 aromatic heterocycles. The molecule has 1 amide bonds. The lowest BCUT2D eigenvalue weighted by molar-refractivity contribution is -0.118. The highest BCUT2D eigenvalue weighted by molar-refractivity contribution is 7.25. The predicted molar refractivity (Wildman–Crippen MR) is 110 cm³/mol. The van der Waals surface area contributed by atoms with Crippen LogP contribution in [0.3, 0.4) is 0 Å². The number of hydrogen-bond donors (Lipinski definition) is 4. The van der Waals surface area contributed by atoms with Crippen molar-refractivity contribution in [2.24, 2.45) is 0 Å². The Morgan fingerprint density at radius 3 is 2.69 bits per heavy atom. The van der Waals surface area contributed by atoms with Crippen molar-refractivity contribution in [3.63, 3.8) is 0 Å². The van der Waals surface area contributed by atoms with Gasteiger partial charge < -0.3 is 25.6 Å². The van der Waals surface area contributed by atoms with Crippen molar-refractivity contribution in [2.75, 3.05) is 19.7 Å². The summed E-state index contributed by atoms with van der Waals surface area (Å²) in [6.45, 7) is 2.71. The molecule has 1 aromatic rings. The molecule has 8 nitrogen and oxygen atoms in total. The average Bonchev–Trinajstić information content (AvgIpc) is 2.71. The van der Waals surface area contributed by atoms with Crippen LogP contribution in [0, 0.1) is 0 Å². The molecule has 2 rings (SSSR count). The number of amides is 1. The minimum absolute atomic E-state index is 0.0650. The molecule has 160 valence electrons. The van der Waals surface area contributed by atoms with Gasteiger partial charge in [0, 0.05) is 32.5 Å². The van der Waals surface area contributed by atoms with Crippen LogP contribution in [0.1, 0.15) is 48.5 Å². The van der Waals surface area contributed by atoms with E-state index in [1.807, 2.05) is 0 Å². The minimum atomic E-state index is -1.41. The highest BCUT2D eigenvalue weighted by atomic mass is 31.1. The van der Waals surface area contributed by atoms with Crippen molar-refractivity contribution in [3.05, 3.63) is 35.4 Å². The molecule has 4 atom stereocenters. The Bertz CT molecular complexity index is 708. The summed E-state index contributed by atoms with van der Waals surface area (Å²) in [7, 11) is -0.906. The van der Waals surface area contributed by atoms with Crippen molar-refractivity contribution in [1.29, 1.82) is 0 Å². The quantitative estimate of drug-likeness (QED) is 0.314. The number of carboxylic acid groups (broad SMARTS) is 1. The fraction of sp³-hybridized carbons (Fsp3) is 0.600. The molecule has 0 saturated carbocycles. The second-order valence-electron chi connectivity index (χ2n) is 7.41. The molecule has 1 saturated heterocycles. The van der Waals surface area contributed by atoms with Crippen LogP contribution < -0.4 is 10.6 Å². The van der Waals surface area contributed by atoms with Gasteiger partial charge in [-0.25, -0.2) is 4.79 Å². The van der Waals surface area contributed by atoms with Crippen molar-refractivity contribution in [2.45, 2.75) is 56.5 Å². The van der Waals surface area contributed by atoms with E-state index in [1.54, 1.807) is 24.3 Å². The normalized spacial score (nSPS) is 21.4. The first-order valence-corrected chi connectivity index (χ1v) is 10.8. The second kappa shape index (κ2) is 11.4. The maximum Gasteiger partial charge on any atom is 0.362 e. The summed E-state index contributed by atoms with van der Waals surface area (Å²) in [5, 5.41) is 24.7. The number of ether oxygens (including phenoxy) is 1. The number of aliphatic hydroxyl groups is 1. The maximum atomic E-state index is 11.7. The Kier molecular flexibility index (Phi) is 9.17. The van der Waals surface area contributed by atoms with Crippen LogP contribution >= 0.6 is 8.46 Å². The number of morpholine rings is 1. The standard InChI is InChI=1S/C20H29N2O6P/c1-14(23)21-10-6-2-5-9-20(26,29-27)18-12-22-16(13-28-18)11-15-7-3-4-8-17(15)19(24)25/h3-4,7-8,16,18,22,26H,2,5-6,9-13H2,1H3,(H,21,23)(H,24,25)/p+1/t16-,18+,20?/m1/s1. The number of hydrogen-bond acceptors (Lipinski definition) is 6. The molecule has 0 aliphatic carbocycles. The number of aromatic carboxylic acids is 1. The Hall–Kier alpha value is -1.86. The van der Waals surface area contributed by atoms with Gasteiger partial charge in [0.25, 0.3) is 5.34 Å². The summed E-state index contributed by atoms with van der Waals surface area (Å²) in [6, 6.07) is 6.78. The fourth-order valence-electron chi connectivity index (χ4n) is 3.47. The van der Waals surface area contributed by atoms with Gasteiger partial charge in [0.1, 0.15) is 6.10 Å². The monoisotopic (exact) mass is 425 g/mol. The molecule has 1 heterocycles. The van der Waals surface area contributed by atoms with Crippen LogP contribution in [0.2, 0.25) is 0 Å². The minimum Gasteiger partial charge on any atom is -0.478 e. The van der Waals surface area contributed by atoms with Crippen LogP contribution in [-0.4, -0.2) is 59.3 Å². The largest absolute Gasteiger partial charge is 0.478 e. The molecule has 1 aliphatic rings. The smallest absolute Gasteiger partial charge is 0.362 e. The van der Waals surface area contributed by atoms with Gasteiger partial charge in [-0.3, -0.25) is 4.79 Å². The number of benzene rings is 1. The van der Waals surface area contributed by atoms with E-state index in [2.05, 4.69) is 10.6 Å². The van der Waals surface area contributed by atoms with Gasteiger partial charge >= 0.3 is 14.4 Å². The lowest BCUT2D eigenvalue weighted by Gasteiger charge is -2.34. The summed E-state index contributed by atoms with van der Waals surface area (Å²) in [6.07, 6.45) is 2.55. The second-order valence-corrected chi connectivity index (χ2v) is 8.48. The molecule has 0 bridgehead atoms. The van der Waals surface area contributed by atoms with Crippen LogP contribution in [0.5, 0.6) is 0 Å². The molecule has 29 heavy (non-hydrogen) atoms. The first kappa shape index (κ1) is 23.4. The van der Waals surface area contributed by atoms with Gasteiger partial charge in [0.05, 0.1) is 12.2 Å².